The Kier molecular flexibility index (Phi) is 5.92. The quantitative estimate of drug-likeness (QED) is 0.494. The molecule has 1 saturated carbocycles. The summed E-state index contributed by atoms with van der Waals surface area (Å²) in [5, 5.41) is 10.8. The van der Waals surface area contributed by atoms with E-state index in [1.54, 1.807) is 16.9 Å². The van der Waals surface area contributed by atoms with Crippen LogP contribution < -0.4 is 5.32 Å². The fraction of sp³-hybridized carbons (Fsp3) is 0.381. The van der Waals surface area contributed by atoms with Crippen LogP contribution >= 0.6 is 15.9 Å². The van der Waals surface area contributed by atoms with Gasteiger partial charge in [0.25, 0.3) is 0 Å². The van der Waals surface area contributed by atoms with Crippen molar-refractivity contribution in [3.05, 3.63) is 63.5 Å². The number of aryl methyl sites for hydroxylation is 2. The molecule has 3 aromatic rings. The van der Waals surface area contributed by atoms with Crippen molar-refractivity contribution in [1.29, 1.82) is 0 Å². The van der Waals surface area contributed by atoms with Crippen molar-refractivity contribution in [2.24, 2.45) is 0 Å². The van der Waals surface area contributed by atoms with Gasteiger partial charge in [-0.2, -0.15) is 23.4 Å². The van der Waals surface area contributed by atoms with E-state index >= 15 is 0 Å². The van der Waals surface area contributed by atoms with Crippen molar-refractivity contribution in [2.45, 2.75) is 51.4 Å². The second-order valence-electron chi connectivity index (χ2n) is 7.73. The predicted octanol–water partition coefficient (Wildman–Crippen LogP) is 5.12. The minimum Gasteiger partial charge on any atom is -0.309 e. The first-order chi connectivity index (χ1) is 14.7. The van der Waals surface area contributed by atoms with Gasteiger partial charge in [-0.3, -0.25) is 14.2 Å². The molecule has 0 atom stereocenters. The molecule has 0 unspecified atom stereocenters. The first-order valence-corrected chi connectivity index (χ1v) is 10.7. The topological polar surface area (TPSA) is 64.7 Å². The molecule has 4 rings (SSSR count). The summed E-state index contributed by atoms with van der Waals surface area (Å²) in [5.74, 6) is 0.124. The number of halogens is 4. The van der Waals surface area contributed by atoms with Gasteiger partial charge >= 0.3 is 6.18 Å². The molecular formula is C21H21BrF3N5O. The van der Waals surface area contributed by atoms with Crippen molar-refractivity contribution in [2.75, 3.05) is 5.32 Å². The second-order valence-corrected chi connectivity index (χ2v) is 8.52. The lowest BCUT2D eigenvalue weighted by Gasteiger charge is -2.07. The number of carbonyl (C=O) groups excluding carboxylic acids is 1. The van der Waals surface area contributed by atoms with Gasteiger partial charge < -0.3 is 5.32 Å². The molecule has 164 valence electrons. The van der Waals surface area contributed by atoms with Gasteiger partial charge in [0, 0.05) is 24.6 Å². The molecule has 1 aromatic carbocycles. The molecule has 1 N–H and O–H groups in total. The lowest BCUT2D eigenvalue weighted by atomic mass is 10.1. The lowest BCUT2D eigenvalue weighted by molar-refractivity contribution is -0.142. The van der Waals surface area contributed by atoms with Crippen LogP contribution in [0.4, 0.5) is 19.0 Å². The molecule has 0 radical (unpaired) electrons. The predicted molar refractivity (Wildman–Crippen MR) is 113 cm³/mol. The van der Waals surface area contributed by atoms with Crippen LogP contribution in [0.1, 0.15) is 47.7 Å². The minimum absolute atomic E-state index is 0.00409. The average Bonchev–Trinajstić information content (AvgIpc) is 3.33. The van der Waals surface area contributed by atoms with E-state index in [0.717, 1.165) is 24.0 Å². The molecule has 1 aliphatic carbocycles. The summed E-state index contributed by atoms with van der Waals surface area (Å²) in [6, 6.07) is 9.75. The second kappa shape index (κ2) is 8.49. The van der Waals surface area contributed by atoms with Crippen LogP contribution in [0.3, 0.4) is 0 Å². The zero-order chi connectivity index (χ0) is 22.2. The van der Waals surface area contributed by atoms with Crippen molar-refractivity contribution in [3.8, 4) is 0 Å². The summed E-state index contributed by atoms with van der Waals surface area (Å²) < 4.78 is 42.6. The first kappa shape index (κ1) is 21.6. The van der Waals surface area contributed by atoms with Crippen molar-refractivity contribution in [1.82, 2.24) is 19.6 Å². The third-order valence-electron chi connectivity index (χ3n) is 5.05. The lowest BCUT2D eigenvalue weighted by Crippen LogP contribution is -2.17. The van der Waals surface area contributed by atoms with Crippen molar-refractivity contribution >= 4 is 27.7 Å². The Morgan fingerprint density at radius 2 is 2.03 bits per heavy atom. The molecule has 10 heteroatoms. The van der Waals surface area contributed by atoms with Gasteiger partial charge in [0.15, 0.2) is 11.5 Å². The summed E-state index contributed by atoms with van der Waals surface area (Å²) >= 11 is 3.06. The first-order valence-electron chi connectivity index (χ1n) is 9.93. The van der Waals surface area contributed by atoms with E-state index in [1.807, 2.05) is 25.1 Å². The summed E-state index contributed by atoms with van der Waals surface area (Å²) in [7, 11) is 0. The molecule has 6 nitrogen and oxygen atoms in total. The fourth-order valence-corrected chi connectivity index (χ4v) is 4.31. The molecule has 1 aliphatic rings. The van der Waals surface area contributed by atoms with E-state index < -0.39 is 11.9 Å². The van der Waals surface area contributed by atoms with E-state index in [0.29, 0.717) is 18.1 Å². The number of nitrogens with zero attached hydrogens (tertiary/aromatic N) is 4. The highest BCUT2D eigenvalue weighted by Gasteiger charge is 2.41. The molecular weight excluding hydrogens is 475 g/mol. The number of hydrogen-bond acceptors (Lipinski definition) is 3. The SMILES string of the molecule is Cc1cccc(Cn2ccc(NC(=O)CCn3nc(C(F)(F)F)c(Br)c3C3CC3)n2)c1. The molecule has 2 aromatic heterocycles. The van der Waals surface area contributed by atoms with Gasteiger partial charge in [-0.1, -0.05) is 29.8 Å². The highest BCUT2D eigenvalue weighted by molar-refractivity contribution is 9.10. The number of nitrogens with one attached hydrogen (secondary N) is 1. The summed E-state index contributed by atoms with van der Waals surface area (Å²) in [4.78, 5) is 12.3. The van der Waals surface area contributed by atoms with Crippen LogP contribution in [-0.2, 0) is 24.1 Å². The molecule has 0 aliphatic heterocycles. The van der Waals surface area contributed by atoms with E-state index in [2.05, 4.69) is 37.5 Å². The Bertz CT molecular complexity index is 1100. The van der Waals surface area contributed by atoms with E-state index in [9.17, 15) is 18.0 Å². The zero-order valence-electron chi connectivity index (χ0n) is 16.8. The van der Waals surface area contributed by atoms with Gasteiger partial charge in [-0.15, -0.1) is 0 Å². The van der Waals surface area contributed by atoms with Gasteiger partial charge in [0.05, 0.1) is 23.3 Å². The van der Waals surface area contributed by atoms with Crippen LogP contribution in [0.15, 0.2) is 41.0 Å². The smallest absolute Gasteiger partial charge is 0.309 e. The Hall–Kier alpha value is -2.62. The maximum absolute atomic E-state index is 13.2. The molecule has 0 spiro atoms. The third-order valence-corrected chi connectivity index (χ3v) is 5.83. The molecule has 0 bridgehead atoms. The summed E-state index contributed by atoms with van der Waals surface area (Å²) in [6.07, 6.45) is -1.13. The molecule has 1 amide bonds. The van der Waals surface area contributed by atoms with E-state index in [4.69, 9.17) is 0 Å². The number of alkyl halides is 3. The monoisotopic (exact) mass is 495 g/mol. The van der Waals surface area contributed by atoms with E-state index in [1.165, 1.54) is 4.68 Å². The normalized spacial score (nSPS) is 14.1. The fourth-order valence-electron chi connectivity index (χ4n) is 3.48. The van der Waals surface area contributed by atoms with Gasteiger partial charge in [-0.05, 0) is 41.3 Å². The number of rotatable bonds is 7. The molecule has 31 heavy (non-hydrogen) atoms. The Morgan fingerprint density at radius 1 is 1.26 bits per heavy atom. The van der Waals surface area contributed by atoms with Crippen LogP contribution in [0.25, 0.3) is 0 Å². The Balaban J connectivity index is 1.37. The standard InChI is InChI=1S/C21H21BrF3N5O/c1-13-3-2-4-14(11-13)12-29-9-7-16(27-29)26-17(31)8-10-30-19(15-5-6-15)18(22)20(28-30)21(23,24)25/h2-4,7,9,11,15H,5-6,8,10,12H2,1H3,(H,26,27,31). The Morgan fingerprint density at radius 3 is 2.71 bits per heavy atom. The maximum atomic E-state index is 13.2. The maximum Gasteiger partial charge on any atom is 0.436 e. The molecule has 2 heterocycles. The highest BCUT2D eigenvalue weighted by atomic mass is 79.9. The van der Waals surface area contributed by atoms with Gasteiger partial charge in [-0.25, -0.2) is 0 Å². The summed E-state index contributed by atoms with van der Waals surface area (Å²) in [5.41, 5.74) is 1.83. The number of aromatic nitrogens is 4. The molecule has 0 saturated heterocycles. The number of benzene rings is 1. The summed E-state index contributed by atoms with van der Waals surface area (Å²) in [6.45, 7) is 2.66. The average molecular weight is 496 g/mol. The zero-order valence-corrected chi connectivity index (χ0v) is 18.4. The minimum atomic E-state index is -4.54. The number of amides is 1. The van der Waals surface area contributed by atoms with Crippen LogP contribution in [0.2, 0.25) is 0 Å². The van der Waals surface area contributed by atoms with Crippen molar-refractivity contribution in [3.63, 3.8) is 0 Å². The van der Waals surface area contributed by atoms with E-state index in [-0.39, 0.29) is 29.3 Å². The van der Waals surface area contributed by atoms with Crippen molar-refractivity contribution < 1.29 is 18.0 Å². The van der Waals surface area contributed by atoms with Gasteiger partial charge in [0.2, 0.25) is 5.91 Å². The van der Waals surface area contributed by atoms with Crippen LogP contribution in [0.5, 0.6) is 0 Å². The number of carbonyl (C=O) groups is 1. The Labute approximate surface area is 185 Å². The van der Waals surface area contributed by atoms with Crippen LogP contribution in [-0.4, -0.2) is 25.5 Å². The largest absolute Gasteiger partial charge is 0.436 e. The highest BCUT2D eigenvalue weighted by Crippen LogP contribution is 2.47. The van der Waals surface area contributed by atoms with Crippen LogP contribution in [0, 0.1) is 6.92 Å². The third kappa shape index (κ3) is 5.17. The number of anilines is 1. The molecule has 1 fully saturated rings. The number of hydrogen-bond donors (Lipinski definition) is 1. The van der Waals surface area contributed by atoms with Gasteiger partial charge in [0.1, 0.15) is 0 Å².